The largest absolute Gasteiger partial charge is 0.464 e. The van der Waals surface area contributed by atoms with Crippen LogP contribution < -0.4 is 5.32 Å². The zero-order valence-corrected chi connectivity index (χ0v) is 14.5. The molecule has 134 valence electrons. The number of rotatable bonds is 6. The van der Waals surface area contributed by atoms with Crippen LogP contribution in [0, 0.1) is 0 Å². The van der Waals surface area contributed by atoms with Gasteiger partial charge in [0, 0.05) is 17.0 Å². The number of benzene rings is 2. The molecule has 0 radical (unpaired) electrons. The monoisotopic (exact) mass is 358 g/mol. The van der Waals surface area contributed by atoms with Crippen LogP contribution in [0.15, 0.2) is 84.0 Å². The average molecular weight is 358 g/mol. The fourth-order valence-electron chi connectivity index (χ4n) is 2.95. The molecule has 0 spiro atoms. The molecule has 1 amide bonds. The average Bonchev–Trinajstić information content (AvgIpc) is 3.36. The van der Waals surface area contributed by atoms with Crippen molar-refractivity contribution < 1.29 is 9.21 Å². The van der Waals surface area contributed by atoms with E-state index < -0.39 is 0 Å². The molecular weight excluding hydrogens is 340 g/mol. The van der Waals surface area contributed by atoms with E-state index in [1.165, 1.54) is 12.4 Å². The Labute approximate surface area is 156 Å². The number of carbonyl (C=O) groups is 1. The van der Waals surface area contributed by atoms with E-state index >= 15 is 0 Å². The van der Waals surface area contributed by atoms with Gasteiger partial charge in [0.25, 0.3) is 0 Å². The predicted octanol–water partition coefficient (Wildman–Crippen LogP) is 3.60. The maximum atomic E-state index is 12.5. The molecule has 2 aromatic heterocycles. The lowest BCUT2D eigenvalue weighted by atomic mass is 10.1. The number of aromatic nitrogens is 3. The van der Waals surface area contributed by atoms with E-state index in [9.17, 15) is 4.79 Å². The van der Waals surface area contributed by atoms with Crippen molar-refractivity contribution in [2.45, 2.75) is 12.6 Å². The topological polar surface area (TPSA) is 73.0 Å². The predicted molar refractivity (Wildman–Crippen MR) is 103 cm³/mol. The number of nitrogens with one attached hydrogen (secondary N) is 1. The second-order valence-corrected chi connectivity index (χ2v) is 6.11. The Bertz CT molecular complexity index is 1050. The van der Waals surface area contributed by atoms with Crippen LogP contribution in [0.3, 0.4) is 0 Å². The first-order valence-electron chi connectivity index (χ1n) is 8.62. The molecule has 0 aliphatic rings. The minimum atomic E-state index is -0.217. The number of carbonyl (C=O) groups excluding carboxylic acids is 1. The maximum Gasteiger partial charge on any atom is 0.244 e. The third kappa shape index (κ3) is 3.95. The van der Waals surface area contributed by atoms with Crippen LogP contribution in [0.5, 0.6) is 0 Å². The summed E-state index contributed by atoms with van der Waals surface area (Å²) in [6.45, 7) is 0.498. The lowest BCUT2D eigenvalue weighted by molar-refractivity contribution is -0.117. The summed E-state index contributed by atoms with van der Waals surface area (Å²) in [5, 5.41) is 8.15. The SMILES string of the molecule is O=C(/C=C/c1coc2ccccc12)NC(Cn1cncn1)c1ccccc1. The van der Waals surface area contributed by atoms with Crippen LogP contribution in [0.2, 0.25) is 0 Å². The standard InChI is InChI=1S/C21H18N4O2/c26-21(11-10-17-13-27-20-9-5-4-8-18(17)20)24-19(12-25-15-22-14-23-25)16-6-2-1-3-7-16/h1-11,13-15,19H,12H2,(H,24,26)/b11-10+. The summed E-state index contributed by atoms with van der Waals surface area (Å²) in [4.78, 5) is 16.5. The Morgan fingerprint density at radius 1 is 1.15 bits per heavy atom. The minimum absolute atomic E-state index is 0.186. The van der Waals surface area contributed by atoms with Gasteiger partial charge in [-0.3, -0.25) is 9.48 Å². The lowest BCUT2D eigenvalue weighted by Crippen LogP contribution is -2.30. The molecule has 6 nitrogen and oxygen atoms in total. The van der Waals surface area contributed by atoms with Crippen molar-refractivity contribution in [2.24, 2.45) is 0 Å². The van der Waals surface area contributed by atoms with Gasteiger partial charge >= 0.3 is 0 Å². The number of furan rings is 1. The van der Waals surface area contributed by atoms with E-state index in [1.54, 1.807) is 23.3 Å². The lowest BCUT2D eigenvalue weighted by Gasteiger charge is -2.18. The Hall–Kier alpha value is -3.67. The summed E-state index contributed by atoms with van der Waals surface area (Å²) in [6.07, 6.45) is 8.05. The third-order valence-corrected chi connectivity index (χ3v) is 4.28. The molecule has 4 aromatic rings. The molecular formula is C21H18N4O2. The van der Waals surface area contributed by atoms with Gasteiger partial charge < -0.3 is 9.73 Å². The molecule has 1 atom stereocenters. The normalized spacial score (nSPS) is 12.4. The molecule has 1 N–H and O–H groups in total. The van der Waals surface area contributed by atoms with Gasteiger partial charge in [-0.15, -0.1) is 0 Å². The first kappa shape index (κ1) is 16.8. The molecule has 0 bridgehead atoms. The van der Waals surface area contributed by atoms with Crippen molar-refractivity contribution in [1.82, 2.24) is 20.1 Å². The molecule has 2 aromatic carbocycles. The van der Waals surface area contributed by atoms with Gasteiger partial charge in [-0.25, -0.2) is 4.98 Å². The molecule has 0 aliphatic heterocycles. The highest BCUT2D eigenvalue weighted by molar-refractivity contribution is 5.95. The fourth-order valence-corrected chi connectivity index (χ4v) is 2.95. The molecule has 4 rings (SSSR count). The number of fused-ring (bicyclic) bond motifs is 1. The van der Waals surface area contributed by atoms with Crippen LogP contribution in [-0.2, 0) is 11.3 Å². The van der Waals surface area contributed by atoms with E-state index in [1.807, 2.05) is 54.6 Å². The number of hydrogen-bond donors (Lipinski definition) is 1. The van der Waals surface area contributed by atoms with Gasteiger partial charge in [0.1, 0.15) is 18.2 Å². The van der Waals surface area contributed by atoms with Crippen molar-refractivity contribution in [2.75, 3.05) is 0 Å². The highest BCUT2D eigenvalue weighted by atomic mass is 16.3. The van der Waals surface area contributed by atoms with E-state index in [-0.39, 0.29) is 11.9 Å². The highest BCUT2D eigenvalue weighted by Crippen LogP contribution is 2.22. The van der Waals surface area contributed by atoms with Gasteiger partial charge in [0.2, 0.25) is 5.91 Å². The van der Waals surface area contributed by atoms with Crippen molar-refractivity contribution in [3.63, 3.8) is 0 Å². The molecule has 0 saturated carbocycles. The molecule has 0 aliphatic carbocycles. The smallest absolute Gasteiger partial charge is 0.244 e. The van der Waals surface area contributed by atoms with Gasteiger partial charge in [0.15, 0.2) is 0 Å². The van der Waals surface area contributed by atoms with Gasteiger partial charge in [0.05, 0.1) is 18.8 Å². The quantitative estimate of drug-likeness (QED) is 0.535. The van der Waals surface area contributed by atoms with Crippen molar-refractivity contribution >= 4 is 23.0 Å². The molecule has 1 unspecified atom stereocenters. The van der Waals surface area contributed by atoms with E-state index in [4.69, 9.17) is 4.42 Å². The van der Waals surface area contributed by atoms with Gasteiger partial charge in [-0.2, -0.15) is 5.10 Å². The summed E-state index contributed by atoms with van der Waals surface area (Å²) in [6, 6.07) is 17.3. The number of hydrogen-bond acceptors (Lipinski definition) is 4. The van der Waals surface area contributed by atoms with Crippen LogP contribution in [-0.4, -0.2) is 20.7 Å². The first-order valence-corrected chi connectivity index (χ1v) is 8.62. The Balaban J connectivity index is 1.51. The first-order chi connectivity index (χ1) is 13.3. The molecule has 2 heterocycles. The summed E-state index contributed by atoms with van der Waals surface area (Å²) < 4.78 is 7.20. The molecule has 6 heteroatoms. The van der Waals surface area contributed by atoms with Crippen LogP contribution >= 0.6 is 0 Å². The maximum absolute atomic E-state index is 12.5. The second-order valence-electron chi connectivity index (χ2n) is 6.11. The van der Waals surface area contributed by atoms with Gasteiger partial charge in [-0.1, -0.05) is 48.5 Å². The Morgan fingerprint density at radius 2 is 1.96 bits per heavy atom. The van der Waals surface area contributed by atoms with Crippen molar-refractivity contribution in [3.05, 3.63) is 90.7 Å². The Morgan fingerprint density at radius 3 is 2.78 bits per heavy atom. The van der Waals surface area contributed by atoms with Crippen LogP contribution in [0.1, 0.15) is 17.2 Å². The van der Waals surface area contributed by atoms with Crippen molar-refractivity contribution in [3.8, 4) is 0 Å². The summed E-state index contributed by atoms with van der Waals surface area (Å²) in [7, 11) is 0. The van der Waals surface area contributed by atoms with E-state index in [2.05, 4.69) is 15.4 Å². The van der Waals surface area contributed by atoms with Crippen LogP contribution in [0.4, 0.5) is 0 Å². The molecule has 27 heavy (non-hydrogen) atoms. The number of para-hydroxylation sites is 1. The highest BCUT2D eigenvalue weighted by Gasteiger charge is 2.14. The van der Waals surface area contributed by atoms with Gasteiger partial charge in [-0.05, 0) is 17.7 Å². The summed E-state index contributed by atoms with van der Waals surface area (Å²) in [5.74, 6) is -0.186. The van der Waals surface area contributed by atoms with E-state index in [0.29, 0.717) is 6.54 Å². The molecule has 0 saturated heterocycles. The fraction of sp³-hybridized carbons (Fsp3) is 0.0952. The Kier molecular flexibility index (Phi) is 4.78. The second kappa shape index (κ2) is 7.70. The number of nitrogens with zero attached hydrogens (tertiary/aromatic N) is 3. The van der Waals surface area contributed by atoms with Crippen LogP contribution in [0.25, 0.3) is 17.0 Å². The van der Waals surface area contributed by atoms with E-state index in [0.717, 1.165) is 22.1 Å². The minimum Gasteiger partial charge on any atom is -0.464 e. The molecule has 0 fully saturated rings. The summed E-state index contributed by atoms with van der Waals surface area (Å²) in [5.41, 5.74) is 2.67. The van der Waals surface area contributed by atoms with Crippen molar-refractivity contribution in [1.29, 1.82) is 0 Å². The number of amides is 1. The summed E-state index contributed by atoms with van der Waals surface area (Å²) >= 11 is 0. The third-order valence-electron chi connectivity index (χ3n) is 4.28. The zero-order chi connectivity index (χ0) is 18.5. The zero-order valence-electron chi connectivity index (χ0n) is 14.5.